The highest BCUT2D eigenvalue weighted by atomic mass is 32.1. The van der Waals surface area contributed by atoms with Gasteiger partial charge in [-0.25, -0.2) is 14.8 Å². The molecule has 2 heterocycles. The van der Waals surface area contributed by atoms with Crippen molar-refractivity contribution in [1.29, 1.82) is 0 Å². The molecule has 0 radical (unpaired) electrons. The second-order valence-electron chi connectivity index (χ2n) is 6.35. The van der Waals surface area contributed by atoms with E-state index < -0.39 is 5.97 Å². The van der Waals surface area contributed by atoms with E-state index in [9.17, 15) is 4.79 Å². The Morgan fingerprint density at radius 3 is 2.70 bits per heavy atom. The maximum Gasteiger partial charge on any atom is 0.335 e. The monoisotopic (exact) mass is 324 g/mol. The largest absolute Gasteiger partial charge is 0.478 e. The van der Waals surface area contributed by atoms with Crippen LogP contribution in [0.5, 0.6) is 0 Å². The van der Waals surface area contributed by atoms with E-state index >= 15 is 0 Å². The van der Waals surface area contributed by atoms with Crippen LogP contribution in [0.3, 0.4) is 0 Å². The lowest BCUT2D eigenvalue weighted by Crippen LogP contribution is -2.07. The van der Waals surface area contributed by atoms with E-state index in [2.05, 4.69) is 23.4 Å². The van der Waals surface area contributed by atoms with Crippen molar-refractivity contribution in [2.24, 2.45) is 0 Å². The molecule has 2 aromatic heterocycles. The van der Waals surface area contributed by atoms with Crippen molar-refractivity contribution in [2.75, 3.05) is 0 Å². The topological polar surface area (TPSA) is 63.1 Å². The third-order valence-electron chi connectivity index (χ3n) is 4.82. The zero-order chi connectivity index (χ0) is 16.2. The third kappa shape index (κ3) is 2.23. The minimum Gasteiger partial charge on any atom is -0.478 e. The molecular weight excluding hydrogens is 308 g/mol. The number of carboxylic acids is 1. The van der Waals surface area contributed by atoms with Crippen LogP contribution in [0.2, 0.25) is 0 Å². The fourth-order valence-electron chi connectivity index (χ4n) is 3.33. The summed E-state index contributed by atoms with van der Waals surface area (Å²) >= 11 is 1.65. The molecule has 4 rings (SSSR count). The first-order valence-electron chi connectivity index (χ1n) is 7.54. The Morgan fingerprint density at radius 2 is 2.00 bits per heavy atom. The van der Waals surface area contributed by atoms with Gasteiger partial charge >= 0.3 is 5.97 Å². The van der Waals surface area contributed by atoms with Gasteiger partial charge in [0, 0.05) is 16.7 Å². The van der Waals surface area contributed by atoms with Crippen LogP contribution in [0.4, 0.5) is 0 Å². The number of carboxylic acid groups (broad SMARTS) is 1. The molecule has 5 heteroatoms. The number of nitrogens with zero attached hydrogens (tertiary/aromatic N) is 2. The minimum absolute atomic E-state index is 0.0205. The maximum atomic E-state index is 11.0. The van der Waals surface area contributed by atoms with Crippen molar-refractivity contribution in [2.45, 2.75) is 31.6 Å². The first-order chi connectivity index (χ1) is 11.0. The second-order valence-corrected chi connectivity index (χ2v) is 7.25. The number of aromatic carboxylic acids is 1. The molecule has 0 spiro atoms. The van der Waals surface area contributed by atoms with Gasteiger partial charge < -0.3 is 5.11 Å². The number of aromatic nitrogens is 2. The highest BCUT2D eigenvalue weighted by Gasteiger charge is 2.53. The molecule has 3 aromatic rings. The summed E-state index contributed by atoms with van der Waals surface area (Å²) in [4.78, 5) is 21.3. The highest BCUT2D eigenvalue weighted by molar-refractivity contribution is 7.16. The quantitative estimate of drug-likeness (QED) is 0.786. The molecule has 1 aliphatic carbocycles. The summed E-state index contributed by atoms with van der Waals surface area (Å²) in [6.07, 6.45) is 1.03. The van der Waals surface area contributed by atoms with Gasteiger partial charge in [0.2, 0.25) is 0 Å². The van der Waals surface area contributed by atoms with Crippen LogP contribution in [-0.2, 0) is 5.41 Å². The maximum absolute atomic E-state index is 11.0. The fraction of sp³-hybridized carbons (Fsp3) is 0.278. The predicted molar refractivity (Wildman–Crippen MR) is 90.3 cm³/mol. The van der Waals surface area contributed by atoms with Gasteiger partial charge in [-0.15, -0.1) is 11.3 Å². The Labute approximate surface area is 137 Å². The first-order valence-corrected chi connectivity index (χ1v) is 8.42. The normalized spacial score (nSPS) is 23.1. The summed E-state index contributed by atoms with van der Waals surface area (Å²) in [6.45, 7) is 4.16. The summed E-state index contributed by atoms with van der Waals surface area (Å²) in [6, 6.07) is 9.33. The van der Waals surface area contributed by atoms with E-state index in [1.807, 2.05) is 19.1 Å². The summed E-state index contributed by atoms with van der Waals surface area (Å²) in [7, 11) is 0. The van der Waals surface area contributed by atoms with Crippen LogP contribution in [-0.4, -0.2) is 21.0 Å². The van der Waals surface area contributed by atoms with E-state index in [1.54, 1.807) is 23.5 Å². The Kier molecular flexibility index (Phi) is 3.03. The molecule has 116 valence electrons. The smallest absolute Gasteiger partial charge is 0.335 e. The molecule has 1 N–H and O–H groups in total. The number of rotatable bonds is 3. The van der Waals surface area contributed by atoms with Gasteiger partial charge in [0.15, 0.2) is 0 Å². The van der Waals surface area contributed by atoms with Crippen LogP contribution in [0.25, 0.3) is 10.2 Å². The average Bonchev–Trinajstić information content (AvgIpc) is 3.00. The van der Waals surface area contributed by atoms with Crippen molar-refractivity contribution in [3.8, 4) is 0 Å². The Bertz CT molecular complexity index is 916. The molecule has 0 bridgehead atoms. The van der Waals surface area contributed by atoms with Crippen LogP contribution >= 0.6 is 11.3 Å². The molecule has 4 nitrogen and oxygen atoms in total. The number of benzene rings is 1. The number of thiophene rings is 1. The van der Waals surface area contributed by atoms with Crippen LogP contribution < -0.4 is 0 Å². The van der Waals surface area contributed by atoms with Crippen molar-refractivity contribution in [1.82, 2.24) is 9.97 Å². The van der Waals surface area contributed by atoms with Crippen molar-refractivity contribution < 1.29 is 9.90 Å². The van der Waals surface area contributed by atoms with E-state index in [4.69, 9.17) is 10.1 Å². The van der Waals surface area contributed by atoms with Gasteiger partial charge in [-0.2, -0.15) is 0 Å². The van der Waals surface area contributed by atoms with Crippen molar-refractivity contribution in [3.05, 3.63) is 58.4 Å². The molecular formula is C18H16N2O2S. The molecule has 1 aromatic carbocycles. The highest BCUT2D eigenvalue weighted by Crippen LogP contribution is 2.60. The van der Waals surface area contributed by atoms with Crippen LogP contribution in [0.15, 0.2) is 35.7 Å². The summed E-state index contributed by atoms with van der Waals surface area (Å²) in [5.41, 5.74) is 2.64. The Hall–Kier alpha value is -2.27. The van der Waals surface area contributed by atoms with E-state index in [-0.39, 0.29) is 5.41 Å². The molecule has 1 saturated carbocycles. The Balaban J connectivity index is 1.72. The average molecular weight is 324 g/mol. The number of hydrogen-bond donors (Lipinski definition) is 1. The van der Waals surface area contributed by atoms with Crippen LogP contribution in [0.1, 0.15) is 46.7 Å². The SMILES string of the molecule is Cc1nc(C2CC2(C)c2ccc(C(=O)O)cc2)c2ccsc2n1. The molecule has 0 saturated heterocycles. The number of fused-ring (bicyclic) bond motifs is 1. The number of hydrogen-bond acceptors (Lipinski definition) is 4. The van der Waals surface area contributed by atoms with Gasteiger partial charge in [-0.05, 0) is 42.5 Å². The first kappa shape index (κ1) is 14.3. The van der Waals surface area contributed by atoms with Gasteiger partial charge in [0.05, 0.1) is 11.3 Å². The Morgan fingerprint density at radius 1 is 1.26 bits per heavy atom. The number of aryl methyl sites for hydroxylation is 1. The minimum atomic E-state index is -0.888. The standard InChI is InChI=1S/C18H16N2O2S/c1-10-19-15(13-7-8-23-16(13)20-10)14-9-18(14,2)12-5-3-11(4-6-12)17(21)22/h3-8,14H,9H2,1-2H3,(H,21,22). The predicted octanol–water partition coefficient (Wildman–Crippen LogP) is 4.14. The van der Waals surface area contributed by atoms with E-state index in [0.29, 0.717) is 11.5 Å². The molecule has 0 aliphatic heterocycles. The van der Waals surface area contributed by atoms with E-state index in [0.717, 1.165) is 28.2 Å². The second kappa shape index (κ2) is 4.86. The summed E-state index contributed by atoms with van der Waals surface area (Å²) < 4.78 is 0. The molecule has 0 amide bonds. The van der Waals surface area contributed by atoms with E-state index in [1.165, 1.54) is 5.56 Å². The molecule has 2 unspecified atom stereocenters. The summed E-state index contributed by atoms with van der Waals surface area (Å²) in [5, 5.41) is 12.2. The van der Waals surface area contributed by atoms with Crippen molar-refractivity contribution in [3.63, 3.8) is 0 Å². The number of carbonyl (C=O) groups is 1. The van der Waals surface area contributed by atoms with Gasteiger partial charge in [0.1, 0.15) is 10.7 Å². The lowest BCUT2D eigenvalue weighted by molar-refractivity contribution is 0.0697. The molecule has 23 heavy (non-hydrogen) atoms. The van der Waals surface area contributed by atoms with Gasteiger partial charge in [0.25, 0.3) is 0 Å². The lowest BCUT2D eigenvalue weighted by Gasteiger charge is -2.13. The zero-order valence-electron chi connectivity index (χ0n) is 12.9. The van der Waals surface area contributed by atoms with Crippen LogP contribution in [0, 0.1) is 6.92 Å². The third-order valence-corrected chi connectivity index (χ3v) is 5.63. The van der Waals surface area contributed by atoms with Gasteiger partial charge in [-0.1, -0.05) is 19.1 Å². The fourth-order valence-corrected chi connectivity index (χ4v) is 4.15. The molecule has 1 aliphatic rings. The zero-order valence-corrected chi connectivity index (χ0v) is 13.7. The lowest BCUT2D eigenvalue weighted by atomic mass is 9.93. The van der Waals surface area contributed by atoms with Gasteiger partial charge in [-0.3, -0.25) is 0 Å². The molecule has 1 fully saturated rings. The summed E-state index contributed by atoms with van der Waals surface area (Å²) in [5.74, 6) is 0.280. The van der Waals surface area contributed by atoms with Crippen molar-refractivity contribution >= 4 is 27.5 Å². The molecule has 2 atom stereocenters.